The van der Waals surface area contributed by atoms with Crippen LogP contribution in [0, 0.1) is 11.8 Å². The van der Waals surface area contributed by atoms with Crippen molar-refractivity contribution in [2.75, 3.05) is 39.6 Å². The lowest BCUT2D eigenvalue weighted by molar-refractivity contribution is -0.161. The molecule has 0 fully saturated rings. The first kappa shape index (κ1) is 99.1. The van der Waals surface area contributed by atoms with E-state index in [1.807, 2.05) is 0 Å². The lowest BCUT2D eigenvalue weighted by Gasteiger charge is -2.21. The Morgan fingerprint density at radius 1 is 0.277 bits per heavy atom. The van der Waals surface area contributed by atoms with Gasteiger partial charge in [-0.1, -0.05) is 382 Å². The van der Waals surface area contributed by atoms with E-state index in [9.17, 15) is 43.2 Å². The zero-order valence-corrected chi connectivity index (χ0v) is 68.0. The average molecular weight is 1480 g/mol. The second-order valence-electron chi connectivity index (χ2n) is 30.0. The molecule has 0 spiro atoms. The van der Waals surface area contributed by atoms with E-state index < -0.39 is 97.5 Å². The highest BCUT2D eigenvalue weighted by Gasteiger charge is 2.30. The number of ether oxygens (including phenoxy) is 4. The fourth-order valence-electron chi connectivity index (χ4n) is 12.6. The zero-order chi connectivity index (χ0) is 74.2. The topological polar surface area (TPSA) is 237 Å². The van der Waals surface area contributed by atoms with Crippen molar-refractivity contribution in [2.45, 2.75) is 452 Å². The van der Waals surface area contributed by atoms with Crippen molar-refractivity contribution in [1.29, 1.82) is 0 Å². The maximum absolute atomic E-state index is 13.1. The van der Waals surface area contributed by atoms with E-state index in [0.29, 0.717) is 25.7 Å². The molecule has 101 heavy (non-hydrogen) atoms. The van der Waals surface area contributed by atoms with Gasteiger partial charge in [0.25, 0.3) is 0 Å². The molecule has 3 N–H and O–H groups in total. The predicted molar refractivity (Wildman–Crippen MR) is 414 cm³/mol. The maximum atomic E-state index is 13.1. The fourth-order valence-corrected chi connectivity index (χ4v) is 14.2. The summed E-state index contributed by atoms with van der Waals surface area (Å²) in [6.45, 7) is 9.67. The summed E-state index contributed by atoms with van der Waals surface area (Å²) in [6.07, 6.45) is 63.7. The van der Waals surface area contributed by atoms with Gasteiger partial charge in [-0.15, -0.1) is 0 Å². The molecule has 0 saturated heterocycles. The standard InChI is InChI=1S/C82H160O17P2/c1-7-11-13-15-17-19-21-23-25-27-29-31-33-35-40-48-54-60-66-81(86)98-77(70-92-79(84)64-58-52-46-39-34-32-30-28-26-24-22-20-18-16-14-12-8-2)72-96-100(88,89)94-68-76(83)69-95-101(90,91)97-73-78(71-93-80(85)65-59-53-47-43-42-45-51-57-63-75(6)10-4)99-82(87)67-61-55-49-41-37-36-38-44-50-56-62-74(5)9-3/h74-78,83H,7-73H2,1-6H3,(H,88,89)(H,90,91)/t74?,75?,76-,77-,78-/m1/s1. The minimum absolute atomic E-state index is 0.106. The van der Waals surface area contributed by atoms with E-state index in [0.717, 1.165) is 102 Å². The number of esters is 4. The van der Waals surface area contributed by atoms with Crippen LogP contribution in [0.25, 0.3) is 0 Å². The van der Waals surface area contributed by atoms with E-state index >= 15 is 0 Å². The van der Waals surface area contributed by atoms with Crippen LogP contribution in [0.4, 0.5) is 0 Å². The highest BCUT2D eigenvalue weighted by molar-refractivity contribution is 7.47. The van der Waals surface area contributed by atoms with Crippen molar-refractivity contribution in [3.05, 3.63) is 0 Å². The van der Waals surface area contributed by atoms with Gasteiger partial charge in [-0.05, 0) is 37.5 Å². The molecular formula is C82H160O17P2. The van der Waals surface area contributed by atoms with Crippen LogP contribution in [0.5, 0.6) is 0 Å². The Kier molecular flexibility index (Phi) is 72.2. The Hall–Kier alpha value is -1.94. The first-order valence-corrected chi connectivity index (χ1v) is 45.6. The van der Waals surface area contributed by atoms with Gasteiger partial charge in [0, 0.05) is 25.7 Å². The Morgan fingerprint density at radius 3 is 0.703 bits per heavy atom. The summed E-state index contributed by atoms with van der Waals surface area (Å²) >= 11 is 0. The molecule has 0 aromatic rings. The fraction of sp³-hybridized carbons (Fsp3) is 0.951. The summed E-state index contributed by atoms with van der Waals surface area (Å²) < 4.78 is 68.8. The largest absolute Gasteiger partial charge is 0.472 e. The molecule has 17 nitrogen and oxygen atoms in total. The number of aliphatic hydroxyl groups excluding tert-OH is 1. The third-order valence-corrected chi connectivity index (χ3v) is 21.8. The second kappa shape index (κ2) is 73.6. The van der Waals surface area contributed by atoms with Crippen LogP contribution in [-0.2, 0) is 65.4 Å². The lowest BCUT2D eigenvalue weighted by atomic mass is 9.99. The Labute approximate surface area is 619 Å². The summed E-state index contributed by atoms with van der Waals surface area (Å²) in [4.78, 5) is 73.1. The minimum Gasteiger partial charge on any atom is -0.462 e. The van der Waals surface area contributed by atoms with Gasteiger partial charge >= 0.3 is 39.5 Å². The van der Waals surface area contributed by atoms with Crippen LogP contribution >= 0.6 is 15.6 Å². The molecule has 0 bridgehead atoms. The average Bonchev–Trinajstić information content (AvgIpc) is 1.16. The molecule has 0 aromatic heterocycles. The highest BCUT2D eigenvalue weighted by atomic mass is 31.2. The molecule has 0 rings (SSSR count). The number of unbranched alkanes of at least 4 members (excludes halogenated alkanes) is 49. The molecule has 7 atom stereocenters. The molecule has 600 valence electrons. The number of phosphoric acid groups is 2. The Morgan fingerprint density at radius 2 is 0.475 bits per heavy atom. The Bertz CT molecular complexity index is 1950. The number of hydrogen-bond acceptors (Lipinski definition) is 15. The SMILES string of the molecule is CCCCCCCCCCCCCCCCCCCCC(=O)O[C@H](COC(=O)CCCCCCCCCCCCCCCCCCC)COP(=O)(O)OC[C@@H](O)COP(=O)(O)OC[C@@H](COC(=O)CCCCCCCCCCC(C)CC)OC(=O)CCCCCCCCCCCCC(C)CC. The molecule has 4 unspecified atom stereocenters. The van der Waals surface area contributed by atoms with E-state index in [1.54, 1.807) is 0 Å². The number of aliphatic hydroxyl groups is 1. The summed E-state index contributed by atoms with van der Waals surface area (Å²) in [5.74, 6) is -0.526. The summed E-state index contributed by atoms with van der Waals surface area (Å²) in [5.41, 5.74) is 0. The molecule has 0 aromatic carbocycles. The van der Waals surface area contributed by atoms with E-state index in [-0.39, 0.29) is 25.7 Å². The second-order valence-corrected chi connectivity index (χ2v) is 32.9. The number of rotatable bonds is 81. The molecule has 0 amide bonds. The van der Waals surface area contributed by atoms with Gasteiger partial charge in [0.2, 0.25) is 0 Å². The summed E-state index contributed by atoms with van der Waals surface area (Å²) in [6, 6.07) is 0. The molecule has 0 radical (unpaired) electrons. The molecule has 0 aliphatic carbocycles. The van der Waals surface area contributed by atoms with E-state index in [4.69, 9.17) is 37.0 Å². The van der Waals surface area contributed by atoms with Crippen LogP contribution in [0.1, 0.15) is 433 Å². The van der Waals surface area contributed by atoms with Crippen LogP contribution < -0.4 is 0 Å². The van der Waals surface area contributed by atoms with Gasteiger partial charge in [0.1, 0.15) is 19.3 Å². The van der Waals surface area contributed by atoms with Crippen molar-refractivity contribution < 1.29 is 80.2 Å². The number of hydrogen-bond donors (Lipinski definition) is 3. The predicted octanol–water partition coefficient (Wildman–Crippen LogP) is 24.7. The molecule has 0 saturated carbocycles. The Balaban J connectivity index is 5.27. The lowest BCUT2D eigenvalue weighted by Crippen LogP contribution is -2.30. The third kappa shape index (κ3) is 73.4. The van der Waals surface area contributed by atoms with Crippen LogP contribution in [0.2, 0.25) is 0 Å². The minimum atomic E-state index is -4.96. The number of carbonyl (C=O) groups excluding carboxylic acids is 4. The maximum Gasteiger partial charge on any atom is 0.472 e. The van der Waals surface area contributed by atoms with Gasteiger partial charge in [0.15, 0.2) is 12.2 Å². The number of carbonyl (C=O) groups is 4. The van der Waals surface area contributed by atoms with Crippen LogP contribution in [0.3, 0.4) is 0 Å². The van der Waals surface area contributed by atoms with Gasteiger partial charge in [-0.3, -0.25) is 37.3 Å². The van der Waals surface area contributed by atoms with Gasteiger partial charge in [-0.25, -0.2) is 9.13 Å². The molecular weight excluding hydrogens is 1320 g/mol. The summed E-state index contributed by atoms with van der Waals surface area (Å²) in [7, 11) is -9.92. The van der Waals surface area contributed by atoms with Crippen LogP contribution in [0.15, 0.2) is 0 Å². The van der Waals surface area contributed by atoms with Crippen molar-refractivity contribution in [3.63, 3.8) is 0 Å². The first-order chi connectivity index (χ1) is 48.9. The first-order valence-electron chi connectivity index (χ1n) is 42.6. The molecule has 0 aliphatic heterocycles. The molecule has 0 aliphatic rings. The van der Waals surface area contributed by atoms with E-state index in [1.165, 1.54) is 250 Å². The number of phosphoric ester groups is 2. The van der Waals surface area contributed by atoms with Gasteiger partial charge < -0.3 is 33.8 Å². The third-order valence-electron chi connectivity index (χ3n) is 19.9. The van der Waals surface area contributed by atoms with Crippen molar-refractivity contribution in [3.8, 4) is 0 Å². The van der Waals surface area contributed by atoms with Crippen molar-refractivity contribution >= 4 is 39.5 Å². The normalized spacial score (nSPS) is 14.4. The van der Waals surface area contributed by atoms with Gasteiger partial charge in [-0.2, -0.15) is 0 Å². The summed E-state index contributed by atoms with van der Waals surface area (Å²) in [5, 5.41) is 10.7. The van der Waals surface area contributed by atoms with Crippen LogP contribution in [-0.4, -0.2) is 96.7 Å². The van der Waals surface area contributed by atoms with Crippen molar-refractivity contribution in [2.24, 2.45) is 11.8 Å². The smallest absolute Gasteiger partial charge is 0.462 e. The zero-order valence-electron chi connectivity index (χ0n) is 66.2. The monoisotopic (exact) mass is 1480 g/mol. The molecule has 19 heteroatoms. The quantitative estimate of drug-likeness (QED) is 0.0222. The highest BCUT2D eigenvalue weighted by Crippen LogP contribution is 2.45. The molecule has 0 heterocycles. The van der Waals surface area contributed by atoms with Gasteiger partial charge in [0.05, 0.1) is 26.4 Å². The van der Waals surface area contributed by atoms with Crippen molar-refractivity contribution in [1.82, 2.24) is 0 Å². The van der Waals surface area contributed by atoms with E-state index in [2.05, 4.69) is 41.5 Å².